The van der Waals surface area contributed by atoms with Crippen molar-refractivity contribution in [2.45, 2.75) is 57.0 Å². The minimum Gasteiger partial charge on any atom is -0.497 e. The van der Waals surface area contributed by atoms with Gasteiger partial charge in [0.05, 0.1) is 29.3 Å². The number of halogens is 4. The van der Waals surface area contributed by atoms with Crippen LogP contribution in [0.4, 0.5) is 14.5 Å². The number of nitrogens with zero attached hydrogens (tertiary/aromatic N) is 2. The standard InChI is InChI=1S/C41H41Cl2F2N3O7/c1-51-30-10-7-26(8-11-30)38(40(50)54-37-22-48-15-13-25(37)14-16-48)47-29-4-2-3-28(17-29)39(49)53-35(19-31-32(42)20-46-21-33(31)43)27-9-12-34(55-41(44)45)36(18-27)52-23-24-5-6-24/h2-4,7-12,17-18,20-21,24-25,35,37-38,41,47H,5-6,13-16,19,22-23H2,1H3/t35-,37-,38?/m0/s1. The second kappa shape index (κ2) is 17.4. The van der Waals surface area contributed by atoms with E-state index in [-0.39, 0.29) is 39.6 Å². The highest BCUT2D eigenvalue weighted by Crippen LogP contribution is 2.39. The van der Waals surface area contributed by atoms with E-state index in [4.69, 9.17) is 46.9 Å². The molecule has 10 nitrogen and oxygen atoms in total. The molecule has 4 fully saturated rings. The topological polar surface area (TPSA) is 108 Å². The van der Waals surface area contributed by atoms with Crippen molar-refractivity contribution >= 4 is 40.8 Å². The van der Waals surface area contributed by atoms with Crippen LogP contribution < -0.4 is 19.5 Å². The number of piperidine rings is 3. The van der Waals surface area contributed by atoms with Crippen LogP contribution in [-0.2, 0) is 20.7 Å². The van der Waals surface area contributed by atoms with Gasteiger partial charge < -0.3 is 29.0 Å². The van der Waals surface area contributed by atoms with Crippen LogP contribution in [0.2, 0.25) is 10.0 Å². The van der Waals surface area contributed by atoms with Crippen LogP contribution in [-0.4, -0.2) is 67.9 Å². The van der Waals surface area contributed by atoms with Gasteiger partial charge in [-0.2, -0.15) is 8.78 Å². The molecule has 3 aliphatic heterocycles. The van der Waals surface area contributed by atoms with Crippen LogP contribution in [0, 0.1) is 11.8 Å². The van der Waals surface area contributed by atoms with E-state index in [9.17, 15) is 18.4 Å². The molecule has 4 heterocycles. The molecular weight excluding hydrogens is 755 g/mol. The molecule has 3 saturated heterocycles. The summed E-state index contributed by atoms with van der Waals surface area (Å²) in [6.45, 7) is 0.00269. The Hall–Kier alpha value is -4.65. The van der Waals surface area contributed by atoms with Gasteiger partial charge in [-0.05, 0) is 110 Å². The zero-order valence-electron chi connectivity index (χ0n) is 30.1. The van der Waals surface area contributed by atoms with E-state index in [1.54, 1.807) is 55.6 Å². The lowest BCUT2D eigenvalue weighted by molar-refractivity contribution is -0.159. The van der Waals surface area contributed by atoms with Gasteiger partial charge in [0.25, 0.3) is 0 Å². The van der Waals surface area contributed by atoms with Crippen molar-refractivity contribution in [3.05, 3.63) is 111 Å². The van der Waals surface area contributed by atoms with E-state index in [2.05, 4.69) is 15.2 Å². The van der Waals surface area contributed by atoms with Crippen molar-refractivity contribution in [3.63, 3.8) is 0 Å². The summed E-state index contributed by atoms with van der Waals surface area (Å²) in [5, 5.41) is 3.81. The second-order valence-corrected chi connectivity index (χ2v) is 14.9. The molecule has 1 N–H and O–H groups in total. The van der Waals surface area contributed by atoms with Crippen LogP contribution in [0.1, 0.15) is 64.9 Å². The number of nitrogens with one attached hydrogen (secondary N) is 1. The summed E-state index contributed by atoms with van der Waals surface area (Å²) in [4.78, 5) is 34.2. The Morgan fingerprint density at radius 1 is 0.927 bits per heavy atom. The minimum absolute atomic E-state index is 0.0337. The number of hydrogen-bond acceptors (Lipinski definition) is 10. The molecule has 4 aromatic rings. The molecule has 1 aromatic heterocycles. The summed E-state index contributed by atoms with van der Waals surface area (Å²) in [7, 11) is 1.57. The second-order valence-electron chi connectivity index (χ2n) is 14.1. The van der Waals surface area contributed by atoms with Gasteiger partial charge in [0.15, 0.2) is 17.5 Å². The van der Waals surface area contributed by atoms with E-state index in [0.29, 0.717) is 53.1 Å². The average molecular weight is 797 g/mol. The predicted octanol–water partition coefficient (Wildman–Crippen LogP) is 8.72. The van der Waals surface area contributed by atoms with Gasteiger partial charge in [0.1, 0.15) is 18.0 Å². The molecule has 14 heteroatoms. The smallest absolute Gasteiger partial charge is 0.387 e. The van der Waals surface area contributed by atoms with Crippen molar-refractivity contribution in [1.29, 1.82) is 0 Å². The molecule has 0 spiro atoms. The zero-order valence-corrected chi connectivity index (χ0v) is 31.6. The fourth-order valence-corrected chi connectivity index (χ4v) is 7.52. The lowest BCUT2D eigenvalue weighted by Crippen LogP contribution is -2.52. The molecule has 4 aliphatic rings. The van der Waals surface area contributed by atoms with Crippen LogP contribution in [0.3, 0.4) is 0 Å². The number of rotatable bonds is 16. The number of anilines is 1. The zero-order chi connectivity index (χ0) is 38.5. The Balaban J connectivity index is 1.14. The first kappa shape index (κ1) is 38.6. The van der Waals surface area contributed by atoms with Crippen LogP contribution in [0.5, 0.6) is 17.2 Å². The molecule has 1 unspecified atom stereocenters. The third-order valence-corrected chi connectivity index (χ3v) is 10.9. The third kappa shape index (κ3) is 9.78. The molecule has 3 atom stereocenters. The fourth-order valence-electron chi connectivity index (χ4n) is 7.01. The fraction of sp³-hybridized carbons (Fsp3) is 0.390. The van der Waals surface area contributed by atoms with Gasteiger partial charge in [-0.15, -0.1) is 0 Å². The number of carbonyl (C=O) groups excluding carboxylic acids is 2. The summed E-state index contributed by atoms with van der Waals surface area (Å²) in [6.07, 6.45) is 5.66. The first-order valence-corrected chi connectivity index (χ1v) is 19.0. The predicted molar refractivity (Wildman–Crippen MR) is 202 cm³/mol. The summed E-state index contributed by atoms with van der Waals surface area (Å²) in [5.74, 6) is 0.127. The average Bonchev–Trinajstić information content (AvgIpc) is 4.03. The summed E-state index contributed by atoms with van der Waals surface area (Å²) in [6, 6.07) is 17.3. The monoisotopic (exact) mass is 795 g/mol. The number of pyridine rings is 1. The molecular formula is C41H41Cl2F2N3O7. The maximum absolute atomic E-state index is 14.0. The first-order chi connectivity index (χ1) is 26.6. The number of alkyl halides is 2. The van der Waals surface area contributed by atoms with Crippen molar-refractivity contribution in [2.75, 3.05) is 38.7 Å². The summed E-state index contributed by atoms with van der Waals surface area (Å²) in [5.41, 5.74) is 2.23. The van der Waals surface area contributed by atoms with Gasteiger partial charge >= 0.3 is 18.6 Å². The van der Waals surface area contributed by atoms with E-state index in [1.807, 2.05) is 0 Å². The van der Waals surface area contributed by atoms with E-state index in [1.165, 1.54) is 30.6 Å². The maximum atomic E-state index is 14.0. The Kier molecular flexibility index (Phi) is 12.2. The molecule has 8 rings (SSSR count). The first-order valence-electron chi connectivity index (χ1n) is 18.3. The highest BCUT2D eigenvalue weighted by Gasteiger charge is 2.38. The maximum Gasteiger partial charge on any atom is 0.387 e. The van der Waals surface area contributed by atoms with Crippen molar-refractivity contribution in [2.24, 2.45) is 11.8 Å². The van der Waals surface area contributed by atoms with Crippen LogP contribution in [0.15, 0.2) is 79.1 Å². The highest BCUT2D eigenvalue weighted by atomic mass is 35.5. The van der Waals surface area contributed by atoms with Gasteiger partial charge in [0, 0.05) is 31.0 Å². The molecule has 0 amide bonds. The van der Waals surface area contributed by atoms with Gasteiger partial charge in [-0.1, -0.05) is 47.5 Å². The third-order valence-electron chi connectivity index (χ3n) is 10.3. The Labute approximate surface area is 328 Å². The molecule has 55 heavy (non-hydrogen) atoms. The quantitative estimate of drug-likeness (QED) is 0.111. The highest BCUT2D eigenvalue weighted by molar-refractivity contribution is 6.35. The number of hydrogen-bond donors (Lipinski definition) is 1. The Morgan fingerprint density at radius 3 is 2.31 bits per heavy atom. The Morgan fingerprint density at radius 2 is 1.65 bits per heavy atom. The number of fused-ring (bicyclic) bond motifs is 3. The number of aromatic nitrogens is 1. The largest absolute Gasteiger partial charge is 0.497 e. The van der Waals surface area contributed by atoms with E-state index in [0.717, 1.165) is 38.8 Å². The van der Waals surface area contributed by atoms with Crippen molar-refractivity contribution in [1.82, 2.24) is 9.88 Å². The van der Waals surface area contributed by atoms with Crippen molar-refractivity contribution in [3.8, 4) is 17.2 Å². The minimum atomic E-state index is -3.07. The van der Waals surface area contributed by atoms with Gasteiger partial charge in [0.2, 0.25) is 0 Å². The molecule has 0 radical (unpaired) electrons. The molecule has 1 saturated carbocycles. The SMILES string of the molecule is COc1ccc(C(Nc2cccc(C(=O)O[C@@H](Cc3c(Cl)cncc3Cl)c3ccc(OC(F)F)c(OCC4CC4)c3)c2)C(=O)O[C@H]2CN3CCC2CC3)cc1. The lowest BCUT2D eigenvalue weighted by Gasteiger charge is -2.44. The number of esters is 2. The number of methoxy groups -OCH3 is 1. The number of carbonyl (C=O) groups is 2. The Bertz CT molecular complexity index is 1960. The number of ether oxygens (including phenoxy) is 5. The summed E-state index contributed by atoms with van der Waals surface area (Å²) < 4.78 is 54.9. The molecule has 1 aliphatic carbocycles. The molecule has 2 bridgehead atoms. The van der Waals surface area contributed by atoms with Gasteiger partial charge in [-0.25, -0.2) is 9.59 Å². The van der Waals surface area contributed by atoms with Crippen LogP contribution >= 0.6 is 23.2 Å². The van der Waals surface area contributed by atoms with Crippen molar-refractivity contribution < 1.29 is 42.1 Å². The van der Waals surface area contributed by atoms with E-state index >= 15 is 0 Å². The molecule has 290 valence electrons. The summed E-state index contributed by atoms with van der Waals surface area (Å²) >= 11 is 13.0. The van der Waals surface area contributed by atoms with Gasteiger partial charge in [-0.3, -0.25) is 9.88 Å². The van der Waals surface area contributed by atoms with Crippen LogP contribution in [0.25, 0.3) is 0 Å². The lowest BCUT2D eigenvalue weighted by atomic mass is 9.86. The normalized spacial score (nSPS) is 20.0. The molecule has 3 aromatic carbocycles. The number of benzene rings is 3. The van der Waals surface area contributed by atoms with E-state index < -0.39 is 30.7 Å².